The van der Waals surface area contributed by atoms with Crippen LogP contribution >= 0.6 is 0 Å². The van der Waals surface area contributed by atoms with Crippen molar-refractivity contribution in [3.8, 4) is 11.5 Å². The summed E-state index contributed by atoms with van der Waals surface area (Å²) in [4.78, 5) is 15.3. The number of amides is 1. The number of likely N-dealkylation sites (tertiary alicyclic amines) is 1. The summed E-state index contributed by atoms with van der Waals surface area (Å²) in [5.74, 6) is 1.38. The average Bonchev–Trinajstić information content (AvgIpc) is 2.80. The van der Waals surface area contributed by atoms with Crippen LogP contribution in [0.3, 0.4) is 0 Å². The molecule has 2 aromatic rings. The number of benzene rings is 2. The lowest BCUT2D eigenvalue weighted by Gasteiger charge is -2.52. The maximum absolute atomic E-state index is 13.1. The number of hydrogen-bond acceptors (Lipinski definition) is 5. The summed E-state index contributed by atoms with van der Waals surface area (Å²) >= 11 is 0. The molecule has 1 saturated heterocycles. The first-order valence-electron chi connectivity index (χ1n) is 11.9. The van der Waals surface area contributed by atoms with E-state index >= 15 is 0 Å². The van der Waals surface area contributed by atoms with E-state index in [1.54, 1.807) is 14.2 Å². The van der Waals surface area contributed by atoms with E-state index < -0.39 is 5.60 Å². The van der Waals surface area contributed by atoms with Crippen molar-refractivity contribution in [3.63, 3.8) is 0 Å². The van der Waals surface area contributed by atoms with Crippen LogP contribution in [0.2, 0.25) is 0 Å². The number of anilines is 1. The van der Waals surface area contributed by atoms with Crippen molar-refractivity contribution in [2.75, 3.05) is 32.6 Å². The summed E-state index contributed by atoms with van der Waals surface area (Å²) < 4.78 is 11.0. The summed E-state index contributed by atoms with van der Waals surface area (Å²) in [6.45, 7) is 5.01. The Morgan fingerprint density at radius 1 is 1.09 bits per heavy atom. The predicted octanol–water partition coefficient (Wildman–Crippen LogP) is 4.63. The van der Waals surface area contributed by atoms with Gasteiger partial charge in [0.2, 0.25) is 5.91 Å². The number of carbonyl (C=O) groups excluding carboxylic acids is 1. The molecule has 0 aromatic heterocycles. The molecule has 1 aliphatic carbocycles. The fourth-order valence-corrected chi connectivity index (χ4v) is 5.73. The highest BCUT2D eigenvalue weighted by Crippen LogP contribution is 2.50. The Kier molecular flexibility index (Phi) is 6.96. The molecule has 1 heterocycles. The molecule has 0 spiro atoms. The van der Waals surface area contributed by atoms with Gasteiger partial charge in [-0.25, -0.2) is 0 Å². The molecule has 4 rings (SSSR count). The van der Waals surface area contributed by atoms with Crippen LogP contribution in [0.5, 0.6) is 11.5 Å². The lowest BCUT2D eigenvalue weighted by molar-refractivity contribution is -0.135. The number of carbonyl (C=O) groups is 1. The zero-order valence-corrected chi connectivity index (χ0v) is 20.2. The monoisotopic (exact) mass is 452 g/mol. The van der Waals surface area contributed by atoms with Gasteiger partial charge in [-0.2, -0.15) is 0 Å². The Labute approximate surface area is 196 Å². The first kappa shape index (κ1) is 23.6. The van der Waals surface area contributed by atoms with Gasteiger partial charge in [0.05, 0.1) is 26.4 Å². The quantitative estimate of drug-likeness (QED) is 0.669. The molecule has 6 heteroatoms. The number of aliphatic hydroxyl groups is 1. The molecule has 2 aromatic carbocycles. The van der Waals surface area contributed by atoms with Crippen LogP contribution < -0.4 is 14.8 Å². The fraction of sp³-hybridized carbons (Fsp3) is 0.519. The number of methoxy groups -OCH3 is 2. The summed E-state index contributed by atoms with van der Waals surface area (Å²) in [7, 11) is 3.26. The average molecular weight is 453 g/mol. The lowest BCUT2D eigenvalue weighted by Crippen LogP contribution is -2.56. The van der Waals surface area contributed by atoms with E-state index in [0.717, 1.165) is 42.5 Å². The number of rotatable bonds is 6. The lowest BCUT2D eigenvalue weighted by atomic mass is 9.66. The Bertz CT molecular complexity index is 1010. The number of piperidine rings is 1. The van der Waals surface area contributed by atoms with Gasteiger partial charge in [0.15, 0.2) is 11.5 Å². The summed E-state index contributed by atoms with van der Waals surface area (Å²) in [5.41, 5.74) is 3.44. The minimum atomic E-state index is -0.684. The normalized spacial score (nSPS) is 25.2. The van der Waals surface area contributed by atoms with Crippen molar-refractivity contribution >= 4 is 11.6 Å². The minimum absolute atomic E-state index is 0.0336. The predicted molar refractivity (Wildman–Crippen MR) is 130 cm³/mol. The fourth-order valence-electron chi connectivity index (χ4n) is 5.73. The Morgan fingerprint density at radius 2 is 1.88 bits per heavy atom. The molecule has 1 aliphatic heterocycles. The molecule has 178 valence electrons. The van der Waals surface area contributed by atoms with Crippen LogP contribution in [0.15, 0.2) is 36.4 Å². The van der Waals surface area contributed by atoms with Gasteiger partial charge in [0.25, 0.3) is 0 Å². The molecule has 2 fully saturated rings. The Hall–Kier alpha value is -2.57. The smallest absolute Gasteiger partial charge is 0.238 e. The maximum atomic E-state index is 13.1. The van der Waals surface area contributed by atoms with Crippen molar-refractivity contribution in [2.45, 2.75) is 57.6 Å². The molecule has 0 radical (unpaired) electrons. The molecule has 1 saturated carbocycles. The van der Waals surface area contributed by atoms with E-state index in [1.807, 2.05) is 44.2 Å². The Morgan fingerprint density at radius 3 is 2.61 bits per heavy atom. The largest absolute Gasteiger partial charge is 0.493 e. The van der Waals surface area contributed by atoms with Crippen molar-refractivity contribution < 1.29 is 19.4 Å². The molecule has 33 heavy (non-hydrogen) atoms. The molecular weight excluding hydrogens is 416 g/mol. The number of nitrogens with zero attached hydrogens (tertiary/aromatic N) is 1. The molecular formula is C27H36N2O4. The van der Waals surface area contributed by atoms with Gasteiger partial charge in [-0.3, -0.25) is 9.69 Å². The SMILES string of the molecule is COc1ccc(C2C3CCCCC3(O)CCN2CC(=O)Nc2ccc(C)cc2C)cc1OC. The highest BCUT2D eigenvalue weighted by atomic mass is 16.5. The van der Waals surface area contributed by atoms with Crippen LogP contribution in [-0.4, -0.2) is 48.8 Å². The molecule has 1 amide bonds. The van der Waals surface area contributed by atoms with E-state index in [2.05, 4.69) is 16.3 Å². The molecule has 2 N–H and O–H groups in total. The van der Waals surface area contributed by atoms with Gasteiger partial charge in [-0.1, -0.05) is 36.6 Å². The number of fused-ring (bicyclic) bond motifs is 1. The zero-order valence-electron chi connectivity index (χ0n) is 20.2. The van der Waals surface area contributed by atoms with Gasteiger partial charge < -0.3 is 19.9 Å². The van der Waals surface area contributed by atoms with E-state index in [0.29, 0.717) is 24.5 Å². The maximum Gasteiger partial charge on any atom is 0.238 e. The van der Waals surface area contributed by atoms with Gasteiger partial charge in [0, 0.05) is 24.2 Å². The second-order valence-corrected chi connectivity index (χ2v) is 9.60. The van der Waals surface area contributed by atoms with Gasteiger partial charge in [0.1, 0.15) is 0 Å². The highest BCUT2D eigenvalue weighted by molar-refractivity contribution is 5.93. The zero-order chi connectivity index (χ0) is 23.6. The molecule has 6 nitrogen and oxygen atoms in total. The second-order valence-electron chi connectivity index (χ2n) is 9.60. The standard InChI is InChI=1S/C27H36N2O4/c1-18-8-10-22(19(2)15-18)28-25(30)17-29-14-13-27(31)12-6-5-7-21(27)26(29)20-9-11-23(32-3)24(16-20)33-4/h8-11,15-16,21,26,31H,5-7,12-14,17H2,1-4H3,(H,28,30). The van der Waals surface area contributed by atoms with Gasteiger partial charge >= 0.3 is 0 Å². The number of aryl methyl sites for hydroxylation is 2. The van der Waals surface area contributed by atoms with Crippen LogP contribution in [0.25, 0.3) is 0 Å². The molecule has 2 aliphatic rings. The van der Waals surface area contributed by atoms with Crippen molar-refractivity contribution in [3.05, 3.63) is 53.1 Å². The van der Waals surface area contributed by atoms with Crippen molar-refractivity contribution in [2.24, 2.45) is 5.92 Å². The van der Waals surface area contributed by atoms with E-state index in [1.165, 1.54) is 5.56 Å². The van der Waals surface area contributed by atoms with Crippen LogP contribution in [-0.2, 0) is 4.79 Å². The molecule has 3 unspecified atom stereocenters. The summed E-state index contributed by atoms with van der Waals surface area (Å²) in [6, 6.07) is 11.9. The number of nitrogens with one attached hydrogen (secondary N) is 1. The first-order chi connectivity index (χ1) is 15.8. The first-order valence-corrected chi connectivity index (χ1v) is 11.9. The third-order valence-electron chi connectivity index (χ3n) is 7.42. The topological polar surface area (TPSA) is 71.0 Å². The van der Waals surface area contributed by atoms with E-state index in [4.69, 9.17) is 9.47 Å². The van der Waals surface area contributed by atoms with Crippen molar-refractivity contribution in [1.29, 1.82) is 0 Å². The van der Waals surface area contributed by atoms with E-state index in [9.17, 15) is 9.90 Å². The van der Waals surface area contributed by atoms with Crippen LogP contribution in [0.1, 0.15) is 54.8 Å². The number of hydrogen-bond donors (Lipinski definition) is 2. The Balaban J connectivity index is 1.62. The van der Waals surface area contributed by atoms with Crippen LogP contribution in [0, 0.1) is 19.8 Å². The van der Waals surface area contributed by atoms with E-state index in [-0.39, 0.29) is 24.4 Å². The van der Waals surface area contributed by atoms with Crippen molar-refractivity contribution in [1.82, 2.24) is 4.90 Å². The molecule has 0 bridgehead atoms. The van der Waals surface area contributed by atoms with Gasteiger partial charge in [-0.05, 0) is 62.4 Å². The third kappa shape index (κ3) is 4.87. The number of ether oxygens (including phenoxy) is 2. The van der Waals surface area contributed by atoms with Gasteiger partial charge in [-0.15, -0.1) is 0 Å². The third-order valence-corrected chi connectivity index (χ3v) is 7.42. The second kappa shape index (κ2) is 9.74. The summed E-state index contributed by atoms with van der Waals surface area (Å²) in [5, 5.41) is 14.6. The van der Waals surface area contributed by atoms with Crippen LogP contribution in [0.4, 0.5) is 5.69 Å². The summed E-state index contributed by atoms with van der Waals surface area (Å²) in [6.07, 6.45) is 4.62. The highest BCUT2D eigenvalue weighted by Gasteiger charge is 2.49. The minimum Gasteiger partial charge on any atom is -0.493 e. The molecule has 3 atom stereocenters.